The molecular weight excluding hydrogens is 307 g/mol. The summed E-state index contributed by atoms with van der Waals surface area (Å²) in [6.07, 6.45) is 0.624. The van der Waals surface area contributed by atoms with Crippen LogP contribution in [0.5, 0.6) is 0 Å². The van der Waals surface area contributed by atoms with Gasteiger partial charge in [0.05, 0.1) is 5.56 Å². The summed E-state index contributed by atoms with van der Waals surface area (Å²) in [5, 5.41) is 0. The molecule has 1 aliphatic heterocycles. The van der Waals surface area contributed by atoms with Gasteiger partial charge in [-0.3, -0.25) is 4.79 Å². The molecule has 2 heterocycles. The van der Waals surface area contributed by atoms with Crippen molar-refractivity contribution in [3.63, 3.8) is 0 Å². The van der Waals surface area contributed by atoms with Crippen LogP contribution < -0.4 is 4.90 Å². The first kappa shape index (κ1) is 16.1. The molecule has 1 saturated heterocycles. The highest BCUT2D eigenvalue weighted by molar-refractivity contribution is 5.79. The molecule has 1 saturated carbocycles. The number of carbonyl (C=O) groups is 1. The van der Waals surface area contributed by atoms with E-state index in [2.05, 4.69) is 4.98 Å². The van der Waals surface area contributed by atoms with Crippen molar-refractivity contribution in [1.82, 2.24) is 9.88 Å². The molecule has 0 atom stereocenters. The predicted molar refractivity (Wildman–Crippen MR) is 80.0 cm³/mol. The Hall–Kier alpha value is -1.79. The smallest absolute Gasteiger partial charge is 0.355 e. The van der Waals surface area contributed by atoms with E-state index in [4.69, 9.17) is 0 Å². The zero-order valence-electron chi connectivity index (χ0n) is 12.9. The van der Waals surface area contributed by atoms with Gasteiger partial charge in [-0.1, -0.05) is 6.42 Å². The van der Waals surface area contributed by atoms with Gasteiger partial charge in [0.25, 0.3) is 0 Å². The summed E-state index contributed by atoms with van der Waals surface area (Å²) in [5.41, 5.74) is -0.686. The summed E-state index contributed by atoms with van der Waals surface area (Å²) in [7, 11) is 0. The van der Waals surface area contributed by atoms with E-state index in [1.165, 1.54) is 6.20 Å². The average molecular weight is 327 g/mol. The number of nitrogens with zero attached hydrogens (tertiary/aromatic N) is 3. The van der Waals surface area contributed by atoms with E-state index in [0.29, 0.717) is 32.0 Å². The van der Waals surface area contributed by atoms with Crippen molar-refractivity contribution >= 4 is 11.7 Å². The molecule has 2 aliphatic rings. The fraction of sp³-hybridized carbons (Fsp3) is 0.625. The molecule has 2 fully saturated rings. The fourth-order valence-corrected chi connectivity index (χ4v) is 3.05. The zero-order chi connectivity index (χ0) is 16.4. The van der Waals surface area contributed by atoms with E-state index >= 15 is 0 Å². The second kappa shape index (κ2) is 6.37. The fourth-order valence-electron chi connectivity index (χ4n) is 3.05. The van der Waals surface area contributed by atoms with Crippen molar-refractivity contribution in [3.8, 4) is 0 Å². The summed E-state index contributed by atoms with van der Waals surface area (Å²) in [4.78, 5) is 20.1. The molecule has 4 nitrogen and oxygen atoms in total. The van der Waals surface area contributed by atoms with Crippen LogP contribution in [0.1, 0.15) is 31.2 Å². The number of aromatic nitrogens is 1. The Labute approximate surface area is 133 Å². The first-order valence-electron chi connectivity index (χ1n) is 8.02. The molecule has 23 heavy (non-hydrogen) atoms. The first-order valence-corrected chi connectivity index (χ1v) is 8.02. The van der Waals surface area contributed by atoms with Crippen LogP contribution in [0.3, 0.4) is 0 Å². The number of hydrogen-bond acceptors (Lipinski definition) is 3. The van der Waals surface area contributed by atoms with E-state index in [9.17, 15) is 18.0 Å². The summed E-state index contributed by atoms with van der Waals surface area (Å²) in [5.74, 6) is 0.695. The molecule has 7 heteroatoms. The lowest BCUT2D eigenvalue weighted by Gasteiger charge is -2.31. The molecule has 0 bridgehead atoms. The van der Waals surface area contributed by atoms with Crippen LogP contribution in [0.4, 0.5) is 19.0 Å². The highest BCUT2D eigenvalue weighted by Gasteiger charge is 2.32. The quantitative estimate of drug-likeness (QED) is 0.838. The SMILES string of the molecule is O=C(C1CCC1)N1CCCN(c2cc(C(F)(F)F)ccn2)CC1. The van der Waals surface area contributed by atoms with Gasteiger partial charge >= 0.3 is 6.18 Å². The number of hydrogen-bond donors (Lipinski definition) is 0. The van der Waals surface area contributed by atoms with Gasteiger partial charge in [-0.25, -0.2) is 4.98 Å². The maximum Gasteiger partial charge on any atom is 0.416 e. The molecule has 1 aromatic rings. The monoisotopic (exact) mass is 327 g/mol. The first-order chi connectivity index (χ1) is 10.9. The second-order valence-electron chi connectivity index (χ2n) is 6.19. The van der Waals surface area contributed by atoms with E-state index < -0.39 is 11.7 Å². The lowest BCUT2D eigenvalue weighted by Crippen LogP contribution is -2.41. The Kier molecular flexibility index (Phi) is 4.46. The Bertz CT molecular complexity index is 572. The summed E-state index contributed by atoms with van der Waals surface area (Å²) in [6.45, 7) is 2.35. The summed E-state index contributed by atoms with van der Waals surface area (Å²) < 4.78 is 38.5. The largest absolute Gasteiger partial charge is 0.416 e. The highest BCUT2D eigenvalue weighted by atomic mass is 19.4. The van der Waals surface area contributed by atoms with Crippen LogP contribution in [-0.2, 0) is 11.0 Å². The van der Waals surface area contributed by atoms with Crippen LogP contribution in [0.2, 0.25) is 0 Å². The molecule has 0 unspecified atom stereocenters. The third-order valence-corrected chi connectivity index (χ3v) is 4.66. The van der Waals surface area contributed by atoms with E-state index in [-0.39, 0.29) is 11.8 Å². The Morgan fingerprint density at radius 1 is 1.13 bits per heavy atom. The number of halogens is 3. The third kappa shape index (κ3) is 3.59. The van der Waals surface area contributed by atoms with Crippen molar-refractivity contribution in [2.24, 2.45) is 5.92 Å². The van der Waals surface area contributed by atoms with Crippen LogP contribution in [0.15, 0.2) is 18.3 Å². The van der Waals surface area contributed by atoms with Crippen molar-refractivity contribution in [2.45, 2.75) is 31.9 Å². The topological polar surface area (TPSA) is 36.4 Å². The molecule has 0 N–H and O–H groups in total. The number of carbonyl (C=O) groups excluding carboxylic acids is 1. The van der Waals surface area contributed by atoms with Gasteiger partial charge in [-0.2, -0.15) is 13.2 Å². The maximum atomic E-state index is 12.8. The minimum Gasteiger partial charge on any atom is -0.355 e. The number of pyridine rings is 1. The van der Waals surface area contributed by atoms with Crippen molar-refractivity contribution in [2.75, 3.05) is 31.1 Å². The molecule has 1 aromatic heterocycles. The lowest BCUT2D eigenvalue weighted by atomic mass is 9.84. The van der Waals surface area contributed by atoms with Crippen LogP contribution >= 0.6 is 0 Å². The van der Waals surface area contributed by atoms with Gasteiger partial charge in [0.2, 0.25) is 5.91 Å². The average Bonchev–Trinajstić information content (AvgIpc) is 2.70. The molecule has 1 aliphatic carbocycles. The van der Waals surface area contributed by atoms with Gasteiger partial charge in [0.1, 0.15) is 5.82 Å². The third-order valence-electron chi connectivity index (χ3n) is 4.66. The summed E-state index contributed by atoms with van der Waals surface area (Å²) in [6, 6.07) is 2.07. The predicted octanol–water partition coefficient (Wildman–Crippen LogP) is 2.94. The van der Waals surface area contributed by atoms with E-state index in [0.717, 1.165) is 37.8 Å². The normalized spacial score (nSPS) is 20.1. The second-order valence-corrected chi connectivity index (χ2v) is 6.19. The van der Waals surface area contributed by atoms with Gasteiger partial charge in [-0.05, 0) is 31.4 Å². The van der Waals surface area contributed by atoms with Crippen LogP contribution in [0, 0.1) is 5.92 Å². The number of amides is 1. The molecule has 3 rings (SSSR count). The Morgan fingerprint density at radius 2 is 1.91 bits per heavy atom. The standard InChI is InChI=1S/C16H20F3N3O/c17-16(18,19)13-5-6-20-14(11-13)21-7-2-8-22(10-9-21)15(23)12-3-1-4-12/h5-6,11-12H,1-4,7-10H2. The van der Waals surface area contributed by atoms with Gasteiger partial charge in [0, 0.05) is 38.3 Å². The Balaban J connectivity index is 1.67. The molecular formula is C16H20F3N3O. The van der Waals surface area contributed by atoms with E-state index in [1.54, 1.807) is 0 Å². The van der Waals surface area contributed by atoms with Gasteiger partial charge in [-0.15, -0.1) is 0 Å². The van der Waals surface area contributed by atoms with Crippen molar-refractivity contribution < 1.29 is 18.0 Å². The number of rotatable bonds is 2. The maximum absolute atomic E-state index is 12.8. The number of alkyl halides is 3. The van der Waals surface area contributed by atoms with Crippen LogP contribution in [0.25, 0.3) is 0 Å². The lowest BCUT2D eigenvalue weighted by molar-refractivity contribution is -0.138. The van der Waals surface area contributed by atoms with Gasteiger partial charge < -0.3 is 9.80 Å². The number of anilines is 1. The van der Waals surface area contributed by atoms with Gasteiger partial charge in [0.15, 0.2) is 0 Å². The minimum atomic E-state index is -4.37. The van der Waals surface area contributed by atoms with Crippen LogP contribution in [-0.4, -0.2) is 42.0 Å². The molecule has 0 aromatic carbocycles. The highest BCUT2D eigenvalue weighted by Crippen LogP contribution is 2.31. The molecule has 1 amide bonds. The zero-order valence-corrected chi connectivity index (χ0v) is 12.9. The molecule has 126 valence electrons. The molecule has 0 radical (unpaired) electrons. The Morgan fingerprint density at radius 3 is 2.57 bits per heavy atom. The van der Waals surface area contributed by atoms with Crippen molar-refractivity contribution in [3.05, 3.63) is 23.9 Å². The minimum absolute atomic E-state index is 0.160. The molecule has 0 spiro atoms. The summed E-state index contributed by atoms with van der Waals surface area (Å²) >= 11 is 0. The van der Waals surface area contributed by atoms with E-state index in [1.807, 2.05) is 9.80 Å². The van der Waals surface area contributed by atoms with Crippen molar-refractivity contribution in [1.29, 1.82) is 0 Å².